The Balaban J connectivity index is 2.14. The Kier molecular flexibility index (Phi) is 3.18. The summed E-state index contributed by atoms with van der Waals surface area (Å²) < 4.78 is 1.73. The van der Waals surface area contributed by atoms with E-state index >= 15 is 0 Å². The first kappa shape index (κ1) is 12.7. The van der Waals surface area contributed by atoms with Crippen LogP contribution in [0, 0.1) is 0 Å². The van der Waals surface area contributed by atoms with E-state index in [1.165, 1.54) is 6.20 Å². The summed E-state index contributed by atoms with van der Waals surface area (Å²) in [5.41, 5.74) is 1.15. The van der Waals surface area contributed by atoms with Crippen molar-refractivity contribution >= 4 is 11.8 Å². The van der Waals surface area contributed by atoms with Crippen LogP contribution >= 0.6 is 0 Å². The van der Waals surface area contributed by atoms with Crippen LogP contribution in [0.3, 0.4) is 0 Å². The van der Waals surface area contributed by atoms with Crippen LogP contribution in [0.1, 0.15) is 30.1 Å². The van der Waals surface area contributed by atoms with Gasteiger partial charge in [0, 0.05) is 12.6 Å². The lowest BCUT2D eigenvalue weighted by Gasteiger charge is -2.25. The Hall–Kier alpha value is -2.30. The van der Waals surface area contributed by atoms with Gasteiger partial charge >= 0.3 is 5.97 Å². The third-order valence-corrected chi connectivity index (χ3v) is 3.80. The van der Waals surface area contributed by atoms with Crippen molar-refractivity contribution < 1.29 is 9.90 Å². The van der Waals surface area contributed by atoms with Crippen LogP contribution in [-0.2, 0) is 0 Å². The van der Waals surface area contributed by atoms with Gasteiger partial charge in [-0.15, -0.1) is 0 Å². The first-order chi connectivity index (χ1) is 9.68. The fourth-order valence-corrected chi connectivity index (χ4v) is 2.78. The molecule has 5 heteroatoms. The molecule has 1 unspecified atom stereocenters. The van der Waals surface area contributed by atoms with E-state index in [-0.39, 0.29) is 5.56 Å². The second-order valence-electron chi connectivity index (χ2n) is 5.12. The van der Waals surface area contributed by atoms with E-state index < -0.39 is 5.97 Å². The van der Waals surface area contributed by atoms with Crippen molar-refractivity contribution in [1.29, 1.82) is 0 Å². The highest BCUT2D eigenvalue weighted by atomic mass is 16.4. The van der Waals surface area contributed by atoms with E-state index in [1.54, 1.807) is 4.68 Å². The highest BCUT2D eigenvalue weighted by molar-refractivity contribution is 5.93. The molecule has 1 aromatic carbocycles. The van der Waals surface area contributed by atoms with Crippen molar-refractivity contribution in [3.8, 4) is 5.69 Å². The smallest absolute Gasteiger partial charge is 0.341 e. The molecular weight excluding hydrogens is 254 g/mol. The maximum atomic E-state index is 11.4. The highest BCUT2D eigenvalue weighted by Gasteiger charge is 2.29. The number of hydrogen-bond donors (Lipinski definition) is 1. The van der Waals surface area contributed by atoms with E-state index in [1.807, 2.05) is 30.3 Å². The van der Waals surface area contributed by atoms with Crippen molar-refractivity contribution in [2.24, 2.45) is 0 Å². The average molecular weight is 271 g/mol. The van der Waals surface area contributed by atoms with Crippen LogP contribution in [0.4, 0.5) is 5.82 Å². The quantitative estimate of drug-likeness (QED) is 0.932. The van der Waals surface area contributed by atoms with Crippen LogP contribution in [0.5, 0.6) is 0 Å². The lowest BCUT2D eigenvalue weighted by molar-refractivity contribution is 0.0697. The first-order valence-corrected chi connectivity index (χ1v) is 6.82. The number of benzene rings is 1. The molecule has 1 N–H and O–H groups in total. The summed E-state index contributed by atoms with van der Waals surface area (Å²) in [7, 11) is 0. The predicted molar refractivity (Wildman–Crippen MR) is 76.6 cm³/mol. The van der Waals surface area contributed by atoms with Crippen LogP contribution in [0.25, 0.3) is 5.69 Å². The fourth-order valence-electron chi connectivity index (χ4n) is 2.78. The van der Waals surface area contributed by atoms with E-state index in [0.717, 1.165) is 25.1 Å². The molecule has 2 heterocycles. The average Bonchev–Trinajstić information content (AvgIpc) is 3.05. The molecule has 2 aromatic rings. The van der Waals surface area contributed by atoms with Gasteiger partial charge in [-0.2, -0.15) is 5.10 Å². The molecule has 1 aliphatic heterocycles. The van der Waals surface area contributed by atoms with Crippen LogP contribution in [0.2, 0.25) is 0 Å². The number of aromatic nitrogens is 2. The predicted octanol–water partition coefficient (Wildman–Crippen LogP) is 2.56. The van der Waals surface area contributed by atoms with Crippen LogP contribution in [0.15, 0.2) is 36.5 Å². The van der Waals surface area contributed by atoms with Crippen molar-refractivity contribution in [1.82, 2.24) is 9.78 Å². The van der Waals surface area contributed by atoms with E-state index in [2.05, 4.69) is 16.9 Å². The van der Waals surface area contributed by atoms with Gasteiger partial charge in [-0.3, -0.25) is 0 Å². The topological polar surface area (TPSA) is 58.4 Å². The summed E-state index contributed by atoms with van der Waals surface area (Å²) in [5.74, 6) is -0.241. The zero-order chi connectivity index (χ0) is 14.1. The van der Waals surface area contributed by atoms with E-state index in [9.17, 15) is 9.90 Å². The molecular formula is C15H17N3O2. The Morgan fingerprint density at radius 1 is 1.35 bits per heavy atom. The van der Waals surface area contributed by atoms with Gasteiger partial charge in [0.05, 0.1) is 11.9 Å². The van der Waals surface area contributed by atoms with Gasteiger partial charge in [0.15, 0.2) is 0 Å². The molecule has 0 saturated carbocycles. The molecule has 104 valence electrons. The summed E-state index contributed by atoms with van der Waals surface area (Å²) in [4.78, 5) is 13.6. The highest BCUT2D eigenvalue weighted by Crippen LogP contribution is 2.30. The van der Waals surface area contributed by atoms with Gasteiger partial charge < -0.3 is 10.0 Å². The molecule has 1 aromatic heterocycles. The maximum Gasteiger partial charge on any atom is 0.341 e. The van der Waals surface area contributed by atoms with Gasteiger partial charge in [-0.05, 0) is 31.9 Å². The monoisotopic (exact) mass is 271 g/mol. The van der Waals surface area contributed by atoms with Crippen molar-refractivity contribution in [3.05, 3.63) is 42.1 Å². The lowest BCUT2D eigenvalue weighted by atomic mass is 10.2. The number of carbonyl (C=O) groups is 1. The number of anilines is 1. The summed E-state index contributed by atoms with van der Waals surface area (Å²) in [5, 5.41) is 13.7. The molecule has 0 aliphatic carbocycles. The molecule has 5 nitrogen and oxygen atoms in total. The van der Waals surface area contributed by atoms with Gasteiger partial charge in [0.2, 0.25) is 0 Å². The molecule has 0 spiro atoms. The van der Waals surface area contributed by atoms with Crippen molar-refractivity contribution in [2.75, 3.05) is 11.4 Å². The van der Waals surface area contributed by atoms with E-state index in [4.69, 9.17) is 0 Å². The number of para-hydroxylation sites is 1. The summed E-state index contributed by atoms with van der Waals surface area (Å²) in [6.45, 7) is 3.00. The number of carboxylic acids is 1. The Morgan fingerprint density at radius 3 is 2.70 bits per heavy atom. The number of carboxylic acid groups (broad SMARTS) is 1. The minimum Gasteiger partial charge on any atom is -0.477 e. The second-order valence-corrected chi connectivity index (χ2v) is 5.12. The zero-order valence-corrected chi connectivity index (χ0v) is 11.4. The lowest BCUT2D eigenvalue weighted by Crippen LogP contribution is -2.30. The third kappa shape index (κ3) is 2.05. The summed E-state index contributed by atoms with van der Waals surface area (Å²) >= 11 is 0. The van der Waals surface area contributed by atoms with Gasteiger partial charge in [0.25, 0.3) is 0 Å². The Morgan fingerprint density at radius 2 is 2.10 bits per heavy atom. The second kappa shape index (κ2) is 5.00. The van der Waals surface area contributed by atoms with Crippen LogP contribution in [-0.4, -0.2) is 33.4 Å². The molecule has 3 rings (SSSR count). The Labute approximate surface area is 117 Å². The zero-order valence-electron chi connectivity index (χ0n) is 11.4. The molecule has 0 bridgehead atoms. The Bertz CT molecular complexity index is 621. The summed E-state index contributed by atoms with van der Waals surface area (Å²) in [6, 6.07) is 9.99. The molecule has 0 amide bonds. The standard InChI is InChI=1S/C15H17N3O2/c1-11-6-5-9-17(11)14-13(15(19)20)10-16-18(14)12-7-3-2-4-8-12/h2-4,7-8,10-11H,5-6,9H2,1H3,(H,19,20). The number of rotatable bonds is 3. The number of aromatic carboxylic acids is 1. The molecule has 1 fully saturated rings. The molecule has 0 radical (unpaired) electrons. The largest absolute Gasteiger partial charge is 0.477 e. The number of nitrogens with zero attached hydrogens (tertiary/aromatic N) is 3. The SMILES string of the molecule is CC1CCCN1c1c(C(=O)O)cnn1-c1ccccc1. The van der Waals surface area contributed by atoms with Crippen LogP contribution < -0.4 is 4.90 Å². The van der Waals surface area contributed by atoms with Crippen molar-refractivity contribution in [2.45, 2.75) is 25.8 Å². The molecule has 20 heavy (non-hydrogen) atoms. The molecule has 1 aliphatic rings. The maximum absolute atomic E-state index is 11.4. The number of hydrogen-bond acceptors (Lipinski definition) is 3. The fraction of sp³-hybridized carbons (Fsp3) is 0.333. The van der Waals surface area contributed by atoms with Gasteiger partial charge in [0.1, 0.15) is 11.4 Å². The molecule has 1 atom stereocenters. The van der Waals surface area contributed by atoms with E-state index in [0.29, 0.717) is 11.9 Å². The normalized spacial score (nSPS) is 18.4. The summed E-state index contributed by atoms with van der Waals surface area (Å²) in [6.07, 6.45) is 3.61. The minimum absolute atomic E-state index is 0.266. The molecule has 1 saturated heterocycles. The minimum atomic E-state index is -0.929. The van der Waals surface area contributed by atoms with Gasteiger partial charge in [-0.1, -0.05) is 18.2 Å². The van der Waals surface area contributed by atoms with Gasteiger partial charge in [-0.25, -0.2) is 9.48 Å². The van der Waals surface area contributed by atoms with Crippen molar-refractivity contribution in [3.63, 3.8) is 0 Å². The third-order valence-electron chi connectivity index (χ3n) is 3.80. The first-order valence-electron chi connectivity index (χ1n) is 6.82.